The van der Waals surface area contributed by atoms with E-state index >= 15 is 8.78 Å². The van der Waals surface area contributed by atoms with Crippen molar-refractivity contribution in [1.29, 1.82) is 0 Å². The van der Waals surface area contributed by atoms with Crippen LogP contribution < -0.4 is 0 Å². The summed E-state index contributed by atoms with van der Waals surface area (Å²) in [6.07, 6.45) is 1.57. The van der Waals surface area contributed by atoms with Crippen LogP contribution in [0.25, 0.3) is 0 Å². The van der Waals surface area contributed by atoms with Crippen molar-refractivity contribution in [1.82, 2.24) is 4.98 Å². The summed E-state index contributed by atoms with van der Waals surface area (Å²) in [6.45, 7) is 4.90. The van der Waals surface area contributed by atoms with Crippen molar-refractivity contribution < 1.29 is 37.4 Å². The van der Waals surface area contributed by atoms with Crippen molar-refractivity contribution in [3.8, 4) is 0 Å². The van der Waals surface area contributed by atoms with Gasteiger partial charge in [0.2, 0.25) is 5.12 Å². The molecule has 200 valence electrons. The van der Waals surface area contributed by atoms with Gasteiger partial charge in [0.25, 0.3) is 0 Å². The molecule has 0 radical (unpaired) electrons. The molecule has 8 atom stereocenters. The monoisotopic (exact) mass is 555 g/mol. The smallest absolute Gasteiger partial charge is 0.351 e. The normalized spacial score (nSPS) is 42.7. The number of esters is 1. The second-order valence-corrected chi connectivity index (χ2v) is 12.8. The van der Waals surface area contributed by atoms with Gasteiger partial charge < -0.3 is 9.84 Å². The maximum atomic E-state index is 17.3. The third-order valence-corrected chi connectivity index (χ3v) is 11.1. The van der Waals surface area contributed by atoms with Gasteiger partial charge in [-0.05, 0) is 61.9 Å². The lowest BCUT2D eigenvalue weighted by molar-refractivity contribution is -0.184. The number of thiazole rings is 1. The highest BCUT2D eigenvalue weighted by Crippen LogP contribution is 2.72. The number of ether oxygens (including phenoxy) is 1. The van der Waals surface area contributed by atoms with Crippen molar-refractivity contribution in [2.24, 2.45) is 28.6 Å². The number of thioether (sulfide) groups is 1. The number of alkyl halides is 3. The zero-order valence-electron chi connectivity index (χ0n) is 20.6. The summed E-state index contributed by atoms with van der Waals surface area (Å²) in [5, 5.41) is 10.2. The number of nitrogens with zero attached hydrogens (tertiary/aromatic N) is 1. The molecule has 0 bridgehead atoms. The zero-order chi connectivity index (χ0) is 27.0. The van der Waals surface area contributed by atoms with Crippen molar-refractivity contribution in [2.45, 2.75) is 63.9 Å². The van der Waals surface area contributed by atoms with Gasteiger partial charge in [-0.3, -0.25) is 14.6 Å². The van der Waals surface area contributed by atoms with E-state index in [9.17, 15) is 23.9 Å². The Morgan fingerprint density at radius 2 is 1.97 bits per heavy atom. The van der Waals surface area contributed by atoms with Crippen LogP contribution in [0.3, 0.4) is 0 Å². The highest BCUT2D eigenvalue weighted by atomic mass is 32.2. The van der Waals surface area contributed by atoms with Crippen LogP contribution in [0.1, 0.15) is 56.1 Å². The van der Waals surface area contributed by atoms with E-state index in [0.717, 1.165) is 23.5 Å². The molecule has 0 unspecified atom stereocenters. The summed E-state index contributed by atoms with van der Waals surface area (Å²) in [4.78, 5) is 42.8. The Balaban J connectivity index is 1.61. The maximum absolute atomic E-state index is 17.3. The fourth-order valence-corrected chi connectivity index (χ4v) is 9.16. The minimum atomic E-state index is -2.11. The van der Waals surface area contributed by atoms with Gasteiger partial charge in [-0.25, -0.2) is 18.0 Å². The van der Waals surface area contributed by atoms with Crippen LogP contribution in [0.4, 0.5) is 13.2 Å². The van der Waals surface area contributed by atoms with Crippen LogP contribution in [0.15, 0.2) is 35.2 Å². The number of fused-ring (bicyclic) bond motifs is 5. The molecular formula is C26H28F3NO5S2. The van der Waals surface area contributed by atoms with Gasteiger partial charge in [-0.1, -0.05) is 13.8 Å². The van der Waals surface area contributed by atoms with Crippen LogP contribution >= 0.6 is 23.1 Å². The Morgan fingerprint density at radius 3 is 2.62 bits per heavy atom. The molecule has 0 spiro atoms. The molecule has 11 heteroatoms. The minimum absolute atomic E-state index is 0.0714. The predicted molar refractivity (Wildman–Crippen MR) is 132 cm³/mol. The van der Waals surface area contributed by atoms with Gasteiger partial charge in [0, 0.05) is 23.3 Å². The van der Waals surface area contributed by atoms with Gasteiger partial charge in [-0.2, -0.15) is 0 Å². The molecule has 4 aliphatic carbocycles. The predicted octanol–water partition coefficient (Wildman–Crippen LogP) is 5.71. The molecule has 37 heavy (non-hydrogen) atoms. The number of rotatable bonds is 4. The first-order valence-electron chi connectivity index (χ1n) is 12.2. The molecule has 6 nitrogen and oxygen atoms in total. The Labute approximate surface area is 220 Å². The van der Waals surface area contributed by atoms with Gasteiger partial charge >= 0.3 is 5.97 Å². The topological polar surface area (TPSA) is 93.6 Å². The third-order valence-electron chi connectivity index (χ3n) is 9.72. The van der Waals surface area contributed by atoms with Crippen LogP contribution in [-0.4, -0.2) is 50.4 Å². The number of aliphatic hydroxyl groups is 1. The molecule has 1 N–H and O–H groups in total. The van der Waals surface area contributed by atoms with E-state index < -0.39 is 74.7 Å². The molecule has 0 amide bonds. The van der Waals surface area contributed by atoms with Gasteiger partial charge in [0.15, 0.2) is 11.4 Å². The lowest BCUT2D eigenvalue weighted by Crippen LogP contribution is -2.66. The number of hydrogen-bond acceptors (Lipinski definition) is 8. The quantitative estimate of drug-likeness (QED) is 0.476. The minimum Gasteiger partial charge on any atom is -0.511 e. The zero-order valence-corrected chi connectivity index (χ0v) is 22.3. The van der Waals surface area contributed by atoms with E-state index in [1.807, 2.05) is 0 Å². The standard InChI is InChI=1S/C26H28F3NO5S2/c1-13-6-15-16-9-18(28)17-7-14(31)8-20(32)24(17,3)25(16,29)5-4-23(15,2)26(13,22(34)36-11-27)35-21(33)19-10-30-12-37-19/h7-8,10,12-13,15-16,18,32H,4-6,9,11H2,1-3H3/t13-,15+,16+,18+,23+,24-,25-,26+/m1/s1. The molecule has 5 rings (SSSR count). The SMILES string of the molecule is C[C@@H]1C[C@H]2[C@@H]3C[C@H](F)C4=CC(=O)C=C(O)[C@]4(C)[C@@]3(F)CC[C@]2(C)[C@@]1(OC(=O)c1cncs1)C(=O)SCF. The van der Waals surface area contributed by atoms with Crippen LogP contribution in [0.5, 0.6) is 0 Å². The van der Waals surface area contributed by atoms with Crippen molar-refractivity contribution in [3.63, 3.8) is 0 Å². The first kappa shape index (κ1) is 26.5. The lowest BCUT2D eigenvalue weighted by atomic mass is 9.45. The van der Waals surface area contributed by atoms with E-state index in [-0.39, 0.29) is 36.1 Å². The molecular weight excluding hydrogens is 527 g/mol. The van der Waals surface area contributed by atoms with Gasteiger partial charge in [-0.15, -0.1) is 11.3 Å². The Kier molecular flexibility index (Phi) is 6.22. The van der Waals surface area contributed by atoms with E-state index in [0.29, 0.717) is 11.8 Å². The van der Waals surface area contributed by atoms with Crippen molar-refractivity contribution in [2.75, 3.05) is 6.01 Å². The summed E-state index contributed by atoms with van der Waals surface area (Å²) in [5.74, 6) is -4.02. The number of ketones is 1. The van der Waals surface area contributed by atoms with Gasteiger partial charge in [0.05, 0.1) is 17.1 Å². The van der Waals surface area contributed by atoms with E-state index in [4.69, 9.17) is 4.74 Å². The highest BCUT2D eigenvalue weighted by Gasteiger charge is 2.76. The molecule has 0 saturated heterocycles. The number of halogens is 3. The molecule has 0 aliphatic heterocycles. The first-order valence-corrected chi connectivity index (χ1v) is 14.1. The summed E-state index contributed by atoms with van der Waals surface area (Å²) < 4.78 is 52.5. The van der Waals surface area contributed by atoms with Crippen molar-refractivity contribution in [3.05, 3.63) is 40.1 Å². The third kappa shape index (κ3) is 3.31. The van der Waals surface area contributed by atoms with Gasteiger partial charge in [0.1, 0.15) is 28.5 Å². The summed E-state index contributed by atoms with van der Waals surface area (Å²) in [7, 11) is 0. The second kappa shape index (κ2) is 8.69. The maximum Gasteiger partial charge on any atom is 0.351 e. The van der Waals surface area contributed by atoms with E-state index in [1.54, 1.807) is 13.8 Å². The second-order valence-electron chi connectivity index (χ2n) is 11.0. The van der Waals surface area contributed by atoms with E-state index in [1.165, 1.54) is 18.6 Å². The Morgan fingerprint density at radius 1 is 1.24 bits per heavy atom. The number of carbonyl (C=O) groups excluding carboxylic acids is 3. The summed E-state index contributed by atoms with van der Waals surface area (Å²) in [6, 6.07) is -1.02. The highest BCUT2D eigenvalue weighted by molar-refractivity contribution is 8.13. The molecule has 1 heterocycles. The van der Waals surface area contributed by atoms with Crippen molar-refractivity contribution >= 4 is 40.0 Å². The number of carbonyl (C=O) groups is 3. The lowest BCUT2D eigenvalue weighted by Gasteiger charge is -2.61. The molecule has 4 aliphatic rings. The molecule has 3 fully saturated rings. The Bertz CT molecular complexity index is 1220. The van der Waals surface area contributed by atoms with Crippen LogP contribution in [-0.2, 0) is 14.3 Å². The first-order chi connectivity index (χ1) is 17.4. The summed E-state index contributed by atoms with van der Waals surface area (Å²) >= 11 is 1.46. The molecule has 1 aromatic heterocycles. The number of aromatic nitrogens is 1. The average molecular weight is 556 g/mol. The number of allylic oxidation sites excluding steroid dienone is 3. The largest absolute Gasteiger partial charge is 0.511 e. The molecule has 1 aromatic rings. The molecule has 0 aromatic carbocycles. The molecule has 3 saturated carbocycles. The fraction of sp³-hybridized carbons (Fsp3) is 0.615. The number of hydrogen-bond donors (Lipinski definition) is 1. The Hall–Kier alpha value is -2.14. The summed E-state index contributed by atoms with van der Waals surface area (Å²) in [5.41, 5.74) is -5.35. The van der Waals surface area contributed by atoms with Crippen LogP contribution in [0.2, 0.25) is 0 Å². The van der Waals surface area contributed by atoms with E-state index in [2.05, 4.69) is 4.98 Å². The number of aliphatic hydroxyl groups excluding tert-OH is 1. The van der Waals surface area contributed by atoms with Crippen LogP contribution in [0, 0.1) is 28.6 Å². The fourth-order valence-electron chi connectivity index (χ4n) is 7.88. The average Bonchev–Trinajstić information content (AvgIpc) is 3.45.